The van der Waals surface area contributed by atoms with Crippen molar-refractivity contribution in [1.82, 2.24) is 5.32 Å². The van der Waals surface area contributed by atoms with Gasteiger partial charge in [-0.3, -0.25) is 4.90 Å². The first-order valence-corrected chi connectivity index (χ1v) is 8.12. The SMILES string of the molecule is COc1ccc(N2C(=O)N[C@H]3C[C@]2(C)Oc2ccccc23)cc1Cl. The van der Waals surface area contributed by atoms with Gasteiger partial charge in [-0.05, 0) is 31.2 Å². The minimum Gasteiger partial charge on any atom is -0.495 e. The van der Waals surface area contributed by atoms with Crippen LogP contribution in [0.5, 0.6) is 11.5 Å². The van der Waals surface area contributed by atoms with Crippen molar-refractivity contribution in [2.45, 2.75) is 25.1 Å². The molecule has 4 rings (SSSR count). The van der Waals surface area contributed by atoms with Crippen LogP contribution in [0.3, 0.4) is 0 Å². The second-order valence-corrected chi connectivity index (χ2v) is 6.58. The topological polar surface area (TPSA) is 50.8 Å². The maximum absolute atomic E-state index is 12.7. The molecule has 2 aromatic carbocycles. The number of hydrogen-bond donors (Lipinski definition) is 1. The van der Waals surface area contributed by atoms with Gasteiger partial charge in [-0.2, -0.15) is 0 Å². The molecule has 2 aliphatic heterocycles. The molecule has 0 spiro atoms. The van der Waals surface area contributed by atoms with E-state index in [0.717, 1.165) is 11.3 Å². The number of nitrogens with zero attached hydrogens (tertiary/aromatic N) is 1. The fourth-order valence-electron chi connectivity index (χ4n) is 3.51. The zero-order valence-corrected chi connectivity index (χ0v) is 14.1. The maximum atomic E-state index is 12.7. The quantitative estimate of drug-likeness (QED) is 0.891. The number of urea groups is 1. The highest BCUT2D eigenvalue weighted by atomic mass is 35.5. The number of benzene rings is 2. The molecule has 24 heavy (non-hydrogen) atoms. The number of fused-ring (bicyclic) bond motifs is 4. The van der Waals surface area contributed by atoms with Crippen molar-refractivity contribution in [3.05, 3.63) is 53.1 Å². The summed E-state index contributed by atoms with van der Waals surface area (Å²) in [6.45, 7) is 1.92. The summed E-state index contributed by atoms with van der Waals surface area (Å²) in [5, 5.41) is 3.51. The first kappa shape index (κ1) is 15.1. The Morgan fingerprint density at radius 3 is 2.88 bits per heavy atom. The van der Waals surface area contributed by atoms with Crippen LogP contribution in [-0.2, 0) is 0 Å². The number of amides is 2. The number of carbonyl (C=O) groups excluding carboxylic acids is 1. The zero-order valence-electron chi connectivity index (χ0n) is 13.4. The molecular formula is C18H17ClN2O3. The van der Waals surface area contributed by atoms with E-state index in [2.05, 4.69) is 5.32 Å². The van der Waals surface area contributed by atoms with Gasteiger partial charge in [-0.25, -0.2) is 4.79 Å². The van der Waals surface area contributed by atoms with Crippen LogP contribution < -0.4 is 19.7 Å². The van der Waals surface area contributed by atoms with Gasteiger partial charge in [0.2, 0.25) is 0 Å². The van der Waals surface area contributed by atoms with Crippen molar-refractivity contribution in [3.63, 3.8) is 0 Å². The van der Waals surface area contributed by atoms with E-state index in [0.29, 0.717) is 22.9 Å². The largest absolute Gasteiger partial charge is 0.495 e. The molecule has 2 amide bonds. The van der Waals surface area contributed by atoms with Gasteiger partial charge >= 0.3 is 6.03 Å². The van der Waals surface area contributed by atoms with E-state index in [1.807, 2.05) is 31.2 Å². The number of methoxy groups -OCH3 is 1. The van der Waals surface area contributed by atoms with Crippen molar-refractivity contribution >= 4 is 23.3 Å². The number of hydrogen-bond acceptors (Lipinski definition) is 3. The van der Waals surface area contributed by atoms with E-state index in [4.69, 9.17) is 21.1 Å². The summed E-state index contributed by atoms with van der Waals surface area (Å²) >= 11 is 6.23. The summed E-state index contributed by atoms with van der Waals surface area (Å²) < 4.78 is 11.4. The molecule has 2 heterocycles. The van der Waals surface area contributed by atoms with Crippen LogP contribution in [0, 0.1) is 0 Å². The third kappa shape index (κ3) is 2.19. The lowest BCUT2D eigenvalue weighted by atomic mass is 9.90. The van der Waals surface area contributed by atoms with E-state index in [1.54, 1.807) is 30.2 Å². The van der Waals surface area contributed by atoms with Gasteiger partial charge in [-0.15, -0.1) is 0 Å². The second-order valence-electron chi connectivity index (χ2n) is 6.18. The summed E-state index contributed by atoms with van der Waals surface area (Å²) in [6, 6.07) is 12.8. The Hall–Kier alpha value is -2.40. The second kappa shape index (κ2) is 5.31. The van der Waals surface area contributed by atoms with E-state index in [9.17, 15) is 4.79 Å². The van der Waals surface area contributed by atoms with Gasteiger partial charge in [0.25, 0.3) is 0 Å². The minimum atomic E-state index is -0.779. The van der Waals surface area contributed by atoms with Crippen LogP contribution in [0.25, 0.3) is 0 Å². The molecule has 6 heteroatoms. The molecule has 1 N–H and O–H groups in total. The van der Waals surface area contributed by atoms with Crippen molar-refractivity contribution < 1.29 is 14.3 Å². The lowest BCUT2D eigenvalue weighted by molar-refractivity contribution is 0.0379. The van der Waals surface area contributed by atoms with Gasteiger partial charge in [0, 0.05) is 12.0 Å². The molecule has 0 aromatic heterocycles. The predicted molar refractivity (Wildman–Crippen MR) is 91.8 cm³/mol. The lowest BCUT2D eigenvalue weighted by Gasteiger charge is -2.50. The van der Waals surface area contributed by atoms with E-state index in [-0.39, 0.29) is 12.1 Å². The molecule has 0 saturated carbocycles. The number of nitrogens with one attached hydrogen (secondary N) is 1. The lowest BCUT2D eigenvalue weighted by Crippen LogP contribution is -2.65. The van der Waals surface area contributed by atoms with Crippen molar-refractivity contribution in [2.75, 3.05) is 12.0 Å². The van der Waals surface area contributed by atoms with E-state index in [1.165, 1.54) is 0 Å². The molecule has 2 atom stereocenters. The van der Waals surface area contributed by atoms with Gasteiger partial charge in [0.15, 0.2) is 5.72 Å². The zero-order chi connectivity index (χ0) is 16.9. The number of carbonyl (C=O) groups is 1. The Labute approximate surface area is 145 Å². The molecular weight excluding hydrogens is 328 g/mol. The summed E-state index contributed by atoms with van der Waals surface area (Å²) in [7, 11) is 1.56. The predicted octanol–water partition coefficient (Wildman–Crippen LogP) is 4.12. The minimum absolute atomic E-state index is 0.0579. The van der Waals surface area contributed by atoms with Gasteiger partial charge in [0.1, 0.15) is 11.5 Å². The monoisotopic (exact) mass is 344 g/mol. The first-order valence-electron chi connectivity index (χ1n) is 7.74. The number of halogens is 1. The average Bonchev–Trinajstić information content (AvgIpc) is 2.54. The summed E-state index contributed by atoms with van der Waals surface area (Å²) in [5.74, 6) is 1.36. The molecule has 2 aliphatic rings. The normalized spacial score (nSPS) is 24.7. The third-order valence-corrected chi connectivity index (χ3v) is 4.87. The molecule has 0 radical (unpaired) electrons. The number of rotatable bonds is 2. The average molecular weight is 345 g/mol. The van der Waals surface area contributed by atoms with E-state index < -0.39 is 5.72 Å². The molecule has 2 aromatic rings. The molecule has 0 unspecified atom stereocenters. The van der Waals surface area contributed by atoms with Crippen LogP contribution in [0.15, 0.2) is 42.5 Å². The van der Waals surface area contributed by atoms with Crippen LogP contribution in [0.4, 0.5) is 10.5 Å². The van der Waals surface area contributed by atoms with Crippen molar-refractivity contribution in [3.8, 4) is 11.5 Å². The fraction of sp³-hybridized carbons (Fsp3) is 0.278. The first-order chi connectivity index (χ1) is 11.5. The standard InChI is InChI=1S/C18H17ClN2O3/c1-18-10-14(12-5-3-4-6-15(12)24-18)20-17(22)21(18)11-7-8-16(23-2)13(19)9-11/h3-9,14H,10H2,1-2H3,(H,20,22)/t14-,18-/m0/s1. The van der Waals surface area contributed by atoms with E-state index >= 15 is 0 Å². The summed E-state index contributed by atoms with van der Waals surface area (Å²) in [4.78, 5) is 14.4. The Balaban J connectivity index is 1.78. The molecule has 2 bridgehead atoms. The molecule has 1 saturated heterocycles. The molecule has 1 fully saturated rings. The Kier molecular flexibility index (Phi) is 3.35. The Morgan fingerprint density at radius 2 is 2.12 bits per heavy atom. The molecule has 124 valence electrons. The highest BCUT2D eigenvalue weighted by Crippen LogP contribution is 2.46. The van der Waals surface area contributed by atoms with Crippen molar-refractivity contribution in [2.24, 2.45) is 0 Å². The smallest absolute Gasteiger partial charge is 0.325 e. The number of para-hydroxylation sites is 1. The maximum Gasteiger partial charge on any atom is 0.325 e. The number of anilines is 1. The summed E-state index contributed by atoms with van der Waals surface area (Å²) in [6.07, 6.45) is 0.652. The fourth-order valence-corrected chi connectivity index (χ4v) is 3.76. The third-order valence-electron chi connectivity index (χ3n) is 4.57. The summed E-state index contributed by atoms with van der Waals surface area (Å²) in [5.41, 5.74) is 0.897. The van der Waals surface area contributed by atoms with Crippen LogP contribution in [0.2, 0.25) is 5.02 Å². The molecule has 0 aliphatic carbocycles. The highest BCUT2D eigenvalue weighted by molar-refractivity contribution is 6.32. The van der Waals surface area contributed by atoms with Crippen LogP contribution >= 0.6 is 11.6 Å². The van der Waals surface area contributed by atoms with Crippen LogP contribution in [-0.4, -0.2) is 18.9 Å². The van der Waals surface area contributed by atoms with Crippen molar-refractivity contribution in [1.29, 1.82) is 0 Å². The van der Waals surface area contributed by atoms with Crippen LogP contribution in [0.1, 0.15) is 24.9 Å². The Morgan fingerprint density at radius 1 is 1.33 bits per heavy atom. The highest BCUT2D eigenvalue weighted by Gasteiger charge is 2.49. The number of ether oxygens (including phenoxy) is 2. The van der Waals surface area contributed by atoms with Gasteiger partial charge in [0.05, 0.1) is 23.9 Å². The van der Waals surface area contributed by atoms with Gasteiger partial charge in [-0.1, -0.05) is 29.8 Å². The molecule has 5 nitrogen and oxygen atoms in total. The Bertz CT molecular complexity index is 826. The van der Waals surface area contributed by atoms with Gasteiger partial charge < -0.3 is 14.8 Å².